The van der Waals surface area contributed by atoms with Gasteiger partial charge in [0.25, 0.3) is 0 Å². The fourth-order valence-electron chi connectivity index (χ4n) is 7.10. The lowest BCUT2D eigenvalue weighted by molar-refractivity contribution is -0.167. The van der Waals surface area contributed by atoms with Gasteiger partial charge in [0.1, 0.15) is 13.2 Å². The number of hydrogen-bond donors (Lipinski definition) is 0. The molecule has 0 amide bonds. The van der Waals surface area contributed by atoms with Gasteiger partial charge in [-0.2, -0.15) is 0 Å². The molecule has 0 rings (SSSR count). The molecule has 0 saturated carbocycles. The van der Waals surface area contributed by atoms with Crippen molar-refractivity contribution in [1.29, 1.82) is 0 Å². The molecule has 0 saturated heterocycles. The van der Waals surface area contributed by atoms with Crippen molar-refractivity contribution in [3.63, 3.8) is 0 Å². The SMILES string of the molecule is CC/C=C\C/C=C\C/C=C\C/C=C\CCCCCCCCC(=O)OCC(COC(=O)CCC/C=C\C/C=C\C/C=C\CC)OC(=O)CCCCCCCCC/C=C\CCCCCCCC. The molecule has 0 aromatic heterocycles. The third-order valence-electron chi connectivity index (χ3n) is 11.1. The van der Waals surface area contributed by atoms with E-state index in [0.717, 1.165) is 103 Å². The maximum absolute atomic E-state index is 12.8. The summed E-state index contributed by atoms with van der Waals surface area (Å²) >= 11 is 0. The molecule has 0 heterocycles. The minimum absolute atomic E-state index is 0.103. The average molecular weight is 903 g/mol. The normalized spacial score (nSPS) is 12.8. The Kier molecular flexibility index (Phi) is 50.0. The summed E-state index contributed by atoms with van der Waals surface area (Å²) in [6, 6.07) is 0. The molecule has 0 radical (unpaired) electrons. The lowest BCUT2D eigenvalue weighted by Gasteiger charge is -2.18. The molecule has 6 heteroatoms. The second-order valence-corrected chi connectivity index (χ2v) is 17.4. The molecule has 6 nitrogen and oxygen atoms in total. The summed E-state index contributed by atoms with van der Waals surface area (Å²) in [5, 5.41) is 0. The summed E-state index contributed by atoms with van der Waals surface area (Å²) in [4.78, 5) is 38.0. The number of ether oxygens (including phenoxy) is 3. The number of carbonyl (C=O) groups excluding carboxylic acids is 3. The van der Waals surface area contributed by atoms with Gasteiger partial charge in [-0.25, -0.2) is 0 Å². The van der Waals surface area contributed by atoms with Crippen LogP contribution < -0.4 is 0 Å². The van der Waals surface area contributed by atoms with Crippen molar-refractivity contribution < 1.29 is 28.6 Å². The molecule has 0 spiro atoms. The Labute approximate surface area is 400 Å². The van der Waals surface area contributed by atoms with Crippen LogP contribution >= 0.6 is 0 Å². The summed E-state index contributed by atoms with van der Waals surface area (Å²) < 4.78 is 16.7. The topological polar surface area (TPSA) is 78.9 Å². The first-order valence-electron chi connectivity index (χ1n) is 26.7. The Morgan fingerprint density at radius 3 is 1.02 bits per heavy atom. The molecule has 0 aliphatic carbocycles. The van der Waals surface area contributed by atoms with E-state index in [9.17, 15) is 14.4 Å². The van der Waals surface area contributed by atoms with Gasteiger partial charge in [0.05, 0.1) is 0 Å². The highest BCUT2D eigenvalue weighted by Gasteiger charge is 2.19. The summed E-state index contributed by atoms with van der Waals surface area (Å²) in [6.07, 6.45) is 69.7. The lowest BCUT2D eigenvalue weighted by Crippen LogP contribution is -2.30. The van der Waals surface area contributed by atoms with Crippen molar-refractivity contribution in [3.8, 4) is 0 Å². The summed E-state index contributed by atoms with van der Waals surface area (Å²) in [5.74, 6) is -0.978. The number of allylic oxidation sites excluding steroid dienone is 16. The first kappa shape index (κ1) is 61.3. The molecule has 0 aromatic carbocycles. The van der Waals surface area contributed by atoms with Gasteiger partial charge < -0.3 is 14.2 Å². The van der Waals surface area contributed by atoms with E-state index in [0.29, 0.717) is 19.3 Å². The fraction of sp³-hybridized carbons (Fsp3) is 0.678. The van der Waals surface area contributed by atoms with E-state index in [1.807, 2.05) is 0 Å². The third-order valence-corrected chi connectivity index (χ3v) is 11.1. The molecule has 65 heavy (non-hydrogen) atoms. The molecular formula is C59H98O6. The molecule has 0 N–H and O–H groups in total. The minimum atomic E-state index is -0.806. The minimum Gasteiger partial charge on any atom is -0.462 e. The summed E-state index contributed by atoms with van der Waals surface area (Å²) in [6.45, 7) is 6.34. The van der Waals surface area contributed by atoms with Gasteiger partial charge in [-0.1, -0.05) is 208 Å². The van der Waals surface area contributed by atoms with E-state index in [4.69, 9.17) is 14.2 Å². The van der Waals surface area contributed by atoms with Gasteiger partial charge in [0, 0.05) is 19.3 Å². The standard InChI is InChI=1S/C59H98O6/c1-4-7-10-13-16-19-22-24-26-28-29-31-32-34-37-40-43-46-49-52-58(61)64-55-56(54-63-57(60)51-48-45-42-39-36-21-18-15-12-9-6-3)65-59(62)53-50-47-44-41-38-35-33-30-27-25-23-20-17-14-11-8-5-2/h7,9-10,12,16,18-19,21,24-27,29,31,39,42,56H,4-6,8,11,13-15,17,20,22-23,28,30,32-38,40-41,43-55H2,1-3H3/b10-7-,12-9-,19-16-,21-18-,26-24-,27-25-,31-29-,42-39-. The molecule has 0 aliphatic rings. The first-order valence-corrected chi connectivity index (χ1v) is 26.7. The molecule has 0 aliphatic heterocycles. The Balaban J connectivity index is 4.43. The number of carbonyl (C=O) groups is 3. The molecule has 370 valence electrons. The predicted octanol–water partition coefficient (Wildman–Crippen LogP) is 17.8. The Hall–Kier alpha value is -3.67. The zero-order valence-corrected chi connectivity index (χ0v) is 42.2. The number of hydrogen-bond acceptors (Lipinski definition) is 6. The number of unbranched alkanes of at least 4 members (excludes halogenated alkanes) is 20. The van der Waals surface area contributed by atoms with Crippen molar-refractivity contribution in [2.24, 2.45) is 0 Å². The van der Waals surface area contributed by atoms with E-state index in [-0.39, 0.29) is 37.5 Å². The Morgan fingerprint density at radius 2 is 0.615 bits per heavy atom. The van der Waals surface area contributed by atoms with E-state index >= 15 is 0 Å². The maximum Gasteiger partial charge on any atom is 0.306 e. The van der Waals surface area contributed by atoms with Crippen molar-refractivity contribution in [3.05, 3.63) is 97.2 Å². The molecule has 1 atom stereocenters. The maximum atomic E-state index is 12.8. The van der Waals surface area contributed by atoms with Crippen LogP contribution in [0.1, 0.15) is 239 Å². The Morgan fingerprint density at radius 1 is 0.323 bits per heavy atom. The molecule has 0 aromatic rings. The van der Waals surface area contributed by atoms with Crippen molar-refractivity contribution in [2.75, 3.05) is 13.2 Å². The lowest BCUT2D eigenvalue weighted by atomic mass is 10.1. The molecule has 1 unspecified atom stereocenters. The third kappa shape index (κ3) is 51.2. The van der Waals surface area contributed by atoms with Crippen LogP contribution in [0.5, 0.6) is 0 Å². The number of rotatable bonds is 47. The zero-order valence-electron chi connectivity index (χ0n) is 42.2. The first-order chi connectivity index (χ1) is 32.0. The zero-order chi connectivity index (χ0) is 47.2. The van der Waals surface area contributed by atoms with E-state index < -0.39 is 6.10 Å². The monoisotopic (exact) mass is 903 g/mol. The fourth-order valence-corrected chi connectivity index (χ4v) is 7.10. The van der Waals surface area contributed by atoms with E-state index in [1.54, 1.807) is 0 Å². The van der Waals surface area contributed by atoms with Crippen LogP contribution in [0.3, 0.4) is 0 Å². The van der Waals surface area contributed by atoms with Crippen LogP contribution in [-0.2, 0) is 28.6 Å². The Bertz CT molecular complexity index is 1310. The predicted molar refractivity (Wildman–Crippen MR) is 279 cm³/mol. The van der Waals surface area contributed by atoms with Gasteiger partial charge in [0.15, 0.2) is 6.10 Å². The van der Waals surface area contributed by atoms with Crippen molar-refractivity contribution in [2.45, 2.75) is 245 Å². The van der Waals surface area contributed by atoms with Crippen molar-refractivity contribution >= 4 is 17.9 Å². The van der Waals surface area contributed by atoms with Gasteiger partial charge in [-0.15, -0.1) is 0 Å². The van der Waals surface area contributed by atoms with Crippen LogP contribution in [-0.4, -0.2) is 37.2 Å². The van der Waals surface area contributed by atoms with Crippen LogP contribution in [0.2, 0.25) is 0 Å². The molecular weight excluding hydrogens is 805 g/mol. The van der Waals surface area contributed by atoms with Crippen molar-refractivity contribution in [1.82, 2.24) is 0 Å². The van der Waals surface area contributed by atoms with Gasteiger partial charge >= 0.3 is 17.9 Å². The van der Waals surface area contributed by atoms with Gasteiger partial charge in [-0.3, -0.25) is 14.4 Å². The van der Waals surface area contributed by atoms with Gasteiger partial charge in [0.2, 0.25) is 0 Å². The van der Waals surface area contributed by atoms with Gasteiger partial charge in [-0.05, 0) is 109 Å². The smallest absolute Gasteiger partial charge is 0.306 e. The van der Waals surface area contributed by atoms with Crippen LogP contribution in [0.25, 0.3) is 0 Å². The van der Waals surface area contributed by atoms with Crippen LogP contribution in [0, 0.1) is 0 Å². The highest BCUT2D eigenvalue weighted by atomic mass is 16.6. The second kappa shape index (κ2) is 52.9. The van der Waals surface area contributed by atoms with Crippen LogP contribution in [0.15, 0.2) is 97.2 Å². The van der Waals surface area contributed by atoms with E-state index in [2.05, 4.69) is 118 Å². The quantitative estimate of drug-likeness (QED) is 0.0262. The van der Waals surface area contributed by atoms with Crippen LogP contribution in [0.4, 0.5) is 0 Å². The largest absolute Gasteiger partial charge is 0.462 e. The summed E-state index contributed by atoms with van der Waals surface area (Å²) in [5.41, 5.74) is 0. The highest BCUT2D eigenvalue weighted by molar-refractivity contribution is 5.71. The average Bonchev–Trinajstić information content (AvgIpc) is 3.30. The highest BCUT2D eigenvalue weighted by Crippen LogP contribution is 2.14. The van der Waals surface area contributed by atoms with E-state index in [1.165, 1.54) is 89.9 Å². The molecule has 0 fully saturated rings. The summed E-state index contributed by atoms with van der Waals surface area (Å²) in [7, 11) is 0. The second-order valence-electron chi connectivity index (χ2n) is 17.4. The number of esters is 3. The molecule has 0 bridgehead atoms.